The summed E-state index contributed by atoms with van der Waals surface area (Å²) in [6.45, 7) is 7.77. The van der Waals surface area contributed by atoms with Gasteiger partial charge in [-0.1, -0.05) is 24.2 Å². The quantitative estimate of drug-likeness (QED) is 0.205. The van der Waals surface area contributed by atoms with Gasteiger partial charge in [-0.05, 0) is 50.0 Å². The van der Waals surface area contributed by atoms with E-state index in [0.29, 0.717) is 38.0 Å². The lowest BCUT2D eigenvalue weighted by atomic mass is 9.58. The third-order valence-electron chi connectivity index (χ3n) is 7.79. The second-order valence-electron chi connectivity index (χ2n) is 9.87. The van der Waals surface area contributed by atoms with E-state index < -0.39 is 24.0 Å². The number of aryl methyl sites for hydroxylation is 1. The highest BCUT2D eigenvalue weighted by Crippen LogP contribution is 2.60. The molecule has 1 aromatic rings. The van der Waals surface area contributed by atoms with E-state index in [1.165, 1.54) is 0 Å². The highest BCUT2D eigenvalue weighted by Gasteiger charge is 2.69. The fourth-order valence-electron chi connectivity index (χ4n) is 6.09. The van der Waals surface area contributed by atoms with Gasteiger partial charge in [0.2, 0.25) is 5.79 Å². The van der Waals surface area contributed by atoms with Crippen molar-refractivity contribution in [1.82, 2.24) is 15.0 Å². The Bertz CT molecular complexity index is 877. The number of ether oxygens (including phenoxy) is 3. The molecule has 1 aliphatic carbocycles. The molecule has 0 unspecified atom stereocenters. The molecule has 1 spiro atoms. The van der Waals surface area contributed by atoms with Gasteiger partial charge < -0.3 is 14.2 Å². The Morgan fingerprint density at radius 1 is 1.28 bits per heavy atom. The van der Waals surface area contributed by atoms with Gasteiger partial charge in [-0.2, -0.15) is 0 Å². The van der Waals surface area contributed by atoms with E-state index in [4.69, 9.17) is 29.5 Å². The largest absolute Gasteiger partial charge is 0.346 e. The normalized spacial score (nSPS) is 42.7. The lowest BCUT2D eigenvalue weighted by Crippen LogP contribution is -2.70. The van der Waals surface area contributed by atoms with Crippen LogP contribution < -0.4 is 0 Å². The minimum Gasteiger partial charge on any atom is -0.346 e. The Kier molecular flexibility index (Phi) is 5.90. The van der Waals surface area contributed by atoms with Crippen molar-refractivity contribution >= 4 is 0 Å². The molecule has 5 heterocycles. The van der Waals surface area contributed by atoms with Crippen LogP contribution in [0.1, 0.15) is 58.6 Å². The minimum absolute atomic E-state index is 0.120. The van der Waals surface area contributed by atoms with Gasteiger partial charge in [-0.25, -0.2) is 9.78 Å². The van der Waals surface area contributed by atoms with Crippen molar-refractivity contribution in [2.75, 3.05) is 6.54 Å². The maximum atomic E-state index is 8.36. The van der Waals surface area contributed by atoms with Crippen LogP contribution >= 0.6 is 0 Å². The first kappa shape index (κ1) is 22.1. The zero-order valence-corrected chi connectivity index (χ0v) is 18.9. The standard InChI is InChI=1S/C21H32N6O5/c1-13-5-6-17-14(2)18(28-12-15-11-27(26-24-15)10-4-9-23-25-22)29-19-21(17)16(13)7-8-20(3,30-19)31-32-21/h11,13-14,16-19H,4-10,12H2,1-3H3/t13-,14-,16+,17+,18-,19-,20+,21-/m1/s1. The lowest BCUT2D eigenvalue weighted by Gasteiger charge is -2.60. The summed E-state index contributed by atoms with van der Waals surface area (Å²) in [6.07, 6.45) is 5.61. The predicted molar refractivity (Wildman–Crippen MR) is 110 cm³/mol. The number of azide groups is 1. The average molecular weight is 449 g/mol. The van der Waals surface area contributed by atoms with E-state index in [0.717, 1.165) is 31.4 Å². The third kappa shape index (κ3) is 3.70. The van der Waals surface area contributed by atoms with E-state index in [-0.39, 0.29) is 11.8 Å². The molecule has 0 amide bonds. The van der Waals surface area contributed by atoms with Crippen molar-refractivity contribution in [1.29, 1.82) is 0 Å². The molecular formula is C21H32N6O5. The number of hydrogen-bond donors (Lipinski definition) is 0. The molecule has 5 aliphatic rings. The zero-order valence-electron chi connectivity index (χ0n) is 18.9. The van der Waals surface area contributed by atoms with Crippen molar-refractivity contribution in [3.8, 4) is 0 Å². The lowest BCUT2D eigenvalue weighted by molar-refractivity contribution is -0.577. The van der Waals surface area contributed by atoms with Crippen LogP contribution in [0.4, 0.5) is 0 Å². The number of fused-ring (bicyclic) bond motifs is 2. The summed E-state index contributed by atoms with van der Waals surface area (Å²) in [5, 5.41) is 11.9. The molecule has 1 saturated carbocycles. The number of nitrogens with zero attached hydrogens (tertiary/aromatic N) is 6. The number of aromatic nitrogens is 3. The van der Waals surface area contributed by atoms with Crippen LogP contribution in [0.2, 0.25) is 0 Å². The van der Waals surface area contributed by atoms with Crippen molar-refractivity contribution in [3.63, 3.8) is 0 Å². The average Bonchev–Trinajstić information content (AvgIpc) is 3.11. The van der Waals surface area contributed by atoms with Crippen molar-refractivity contribution in [3.05, 3.63) is 22.3 Å². The van der Waals surface area contributed by atoms with Gasteiger partial charge in [0.25, 0.3) is 0 Å². The van der Waals surface area contributed by atoms with Crippen molar-refractivity contribution in [2.24, 2.45) is 28.8 Å². The summed E-state index contributed by atoms with van der Waals surface area (Å²) in [4.78, 5) is 14.8. The maximum Gasteiger partial charge on any atom is 0.201 e. The number of rotatable bonds is 7. The molecule has 5 fully saturated rings. The van der Waals surface area contributed by atoms with Crippen LogP contribution in [-0.2, 0) is 37.1 Å². The van der Waals surface area contributed by atoms with Gasteiger partial charge in [0.05, 0.1) is 12.8 Å². The van der Waals surface area contributed by atoms with Gasteiger partial charge in [0.1, 0.15) is 5.69 Å². The highest BCUT2D eigenvalue weighted by molar-refractivity contribution is 5.09. The first-order valence-electron chi connectivity index (χ1n) is 11.7. The fraction of sp³-hybridized carbons (Fsp3) is 0.905. The molecule has 0 radical (unpaired) electrons. The van der Waals surface area contributed by atoms with Gasteiger partial charge in [-0.3, -0.25) is 4.68 Å². The summed E-state index contributed by atoms with van der Waals surface area (Å²) >= 11 is 0. The molecule has 4 aliphatic heterocycles. The molecule has 6 rings (SSSR count). The molecule has 8 atom stereocenters. The second-order valence-corrected chi connectivity index (χ2v) is 9.87. The Morgan fingerprint density at radius 3 is 3.00 bits per heavy atom. The maximum absolute atomic E-state index is 8.36. The Morgan fingerprint density at radius 2 is 2.16 bits per heavy atom. The predicted octanol–water partition coefficient (Wildman–Crippen LogP) is 3.70. The molecule has 2 bridgehead atoms. The fourth-order valence-corrected chi connectivity index (χ4v) is 6.09. The monoisotopic (exact) mass is 448 g/mol. The Balaban J connectivity index is 1.28. The summed E-state index contributed by atoms with van der Waals surface area (Å²) < 4.78 is 20.7. The zero-order chi connectivity index (χ0) is 22.3. The van der Waals surface area contributed by atoms with Crippen LogP contribution in [0.15, 0.2) is 11.3 Å². The van der Waals surface area contributed by atoms with Crippen LogP contribution in [0, 0.1) is 23.7 Å². The summed E-state index contributed by atoms with van der Waals surface area (Å²) in [6, 6.07) is 0. The van der Waals surface area contributed by atoms with Gasteiger partial charge >= 0.3 is 0 Å². The first-order valence-corrected chi connectivity index (χ1v) is 11.7. The molecule has 0 N–H and O–H groups in total. The molecule has 11 nitrogen and oxygen atoms in total. The van der Waals surface area contributed by atoms with E-state index in [2.05, 4.69) is 34.2 Å². The van der Waals surface area contributed by atoms with Crippen molar-refractivity contribution in [2.45, 2.75) is 90.0 Å². The van der Waals surface area contributed by atoms with Gasteiger partial charge in [-0.15, -0.1) is 5.10 Å². The summed E-state index contributed by atoms with van der Waals surface area (Å²) in [7, 11) is 0. The first-order chi connectivity index (χ1) is 15.4. The Labute approximate surface area is 187 Å². The molecular weight excluding hydrogens is 416 g/mol. The molecule has 11 heteroatoms. The number of hydrogen-bond acceptors (Lipinski definition) is 8. The minimum atomic E-state index is -0.791. The van der Waals surface area contributed by atoms with E-state index in [1.807, 2.05) is 13.1 Å². The van der Waals surface area contributed by atoms with Gasteiger partial charge in [0, 0.05) is 36.3 Å². The van der Waals surface area contributed by atoms with Gasteiger partial charge in [0.15, 0.2) is 18.2 Å². The SMILES string of the molecule is C[C@H]1[C@H](OCc2cn(CCCN=[N+]=[N-])nn2)O[C@@H]2O[C@]3(C)CC[C@H]4[C@H](C)CC[C@@H]1[C@@]24OO3. The summed E-state index contributed by atoms with van der Waals surface area (Å²) in [5.74, 6) is 0.426. The molecule has 1 aromatic heterocycles. The molecule has 0 aromatic carbocycles. The summed E-state index contributed by atoms with van der Waals surface area (Å²) in [5.41, 5.74) is 8.51. The van der Waals surface area contributed by atoms with Crippen LogP contribution in [-0.4, -0.2) is 45.5 Å². The third-order valence-corrected chi connectivity index (χ3v) is 7.79. The van der Waals surface area contributed by atoms with Crippen molar-refractivity contribution < 1.29 is 24.0 Å². The molecule has 4 saturated heterocycles. The van der Waals surface area contributed by atoms with E-state index in [1.54, 1.807) is 4.68 Å². The molecule has 32 heavy (non-hydrogen) atoms. The van der Waals surface area contributed by atoms with E-state index in [9.17, 15) is 0 Å². The van der Waals surface area contributed by atoms with E-state index >= 15 is 0 Å². The molecule has 176 valence electrons. The topological polar surface area (TPSA) is 126 Å². The van der Waals surface area contributed by atoms with Crippen LogP contribution in [0.25, 0.3) is 10.4 Å². The Hall–Kier alpha value is -1.75. The second kappa shape index (κ2) is 8.55. The smallest absolute Gasteiger partial charge is 0.201 e. The van der Waals surface area contributed by atoms with Crippen LogP contribution in [0.3, 0.4) is 0 Å². The highest BCUT2D eigenvalue weighted by atomic mass is 17.3. The van der Waals surface area contributed by atoms with Crippen LogP contribution in [0.5, 0.6) is 0 Å².